The number of anilines is 1. The van der Waals surface area contributed by atoms with Crippen LogP contribution in [0.15, 0.2) is 53.8 Å². The third kappa shape index (κ3) is 4.78. The third-order valence-electron chi connectivity index (χ3n) is 4.21. The zero-order valence-corrected chi connectivity index (χ0v) is 17.3. The molecule has 3 aromatic rings. The molecule has 2 aromatic carbocycles. The minimum Gasteiger partial charge on any atom is -0.493 e. The summed E-state index contributed by atoms with van der Waals surface area (Å²) in [7, 11) is 3.16. The Hall–Kier alpha value is -3.81. The average Bonchev–Trinajstić information content (AvgIpc) is 2.77. The predicted molar refractivity (Wildman–Crippen MR) is 115 cm³/mol. The van der Waals surface area contributed by atoms with Crippen molar-refractivity contribution in [1.29, 1.82) is 0 Å². The Morgan fingerprint density at radius 2 is 1.73 bits per heavy atom. The van der Waals surface area contributed by atoms with Crippen molar-refractivity contribution in [2.75, 3.05) is 26.1 Å². The number of pyridine rings is 1. The minimum atomic E-state index is -0.335. The van der Waals surface area contributed by atoms with Gasteiger partial charge in [-0.1, -0.05) is 5.16 Å². The highest BCUT2D eigenvalue weighted by molar-refractivity contribution is 6.42. The van der Waals surface area contributed by atoms with E-state index in [9.17, 15) is 4.79 Å². The van der Waals surface area contributed by atoms with E-state index in [1.807, 2.05) is 6.07 Å². The smallest absolute Gasteiger partial charge is 0.273 e. The van der Waals surface area contributed by atoms with Crippen LogP contribution in [-0.2, 0) is 9.63 Å². The maximum absolute atomic E-state index is 12.1. The molecular weight excluding hydrogens is 386 g/mol. The number of aromatic nitrogens is 1. The van der Waals surface area contributed by atoms with E-state index in [0.29, 0.717) is 35.3 Å². The molecule has 1 heterocycles. The maximum Gasteiger partial charge on any atom is 0.273 e. The summed E-state index contributed by atoms with van der Waals surface area (Å²) < 4.78 is 16.7. The second-order valence-corrected chi connectivity index (χ2v) is 6.21. The molecule has 0 unspecified atom stereocenters. The number of carbonyl (C=O) groups is 1. The van der Waals surface area contributed by atoms with E-state index in [2.05, 4.69) is 15.5 Å². The zero-order valence-electron chi connectivity index (χ0n) is 17.3. The number of nitrogens with one attached hydrogen (secondary N) is 1. The number of ether oxygens (including phenoxy) is 3. The Labute approximate surface area is 174 Å². The first-order chi connectivity index (χ1) is 14.5. The van der Waals surface area contributed by atoms with E-state index in [0.717, 1.165) is 10.9 Å². The fraction of sp³-hybridized carbons (Fsp3) is 0.227. The molecular formula is C22H23N3O5. The van der Waals surface area contributed by atoms with Crippen molar-refractivity contribution in [2.24, 2.45) is 5.16 Å². The number of methoxy groups -OCH3 is 2. The van der Waals surface area contributed by atoms with Crippen molar-refractivity contribution in [3.63, 3.8) is 0 Å². The highest BCUT2D eigenvalue weighted by Gasteiger charge is 2.12. The van der Waals surface area contributed by atoms with Crippen LogP contribution >= 0.6 is 0 Å². The Morgan fingerprint density at radius 3 is 2.40 bits per heavy atom. The number of rotatable bonds is 8. The van der Waals surface area contributed by atoms with Gasteiger partial charge in [0.05, 0.1) is 19.7 Å². The quantitative estimate of drug-likeness (QED) is 0.438. The van der Waals surface area contributed by atoms with Crippen molar-refractivity contribution in [3.05, 3.63) is 48.7 Å². The first-order valence-electron chi connectivity index (χ1n) is 9.32. The van der Waals surface area contributed by atoms with Crippen molar-refractivity contribution >= 4 is 28.2 Å². The molecule has 8 nitrogen and oxygen atoms in total. The van der Waals surface area contributed by atoms with Gasteiger partial charge in [0.15, 0.2) is 11.5 Å². The third-order valence-corrected chi connectivity index (χ3v) is 4.21. The lowest BCUT2D eigenvalue weighted by Gasteiger charge is -2.12. The molecule has 0 atom stereocenters. The van der Waals surface area contributed by atoms with E-state index < -0.39 is 0 Å². The van der Waals surface area contributed by atoms with Gasteiger partial charge in [0.2, 0.25) is 0 Å². The van der Waals surface area contributed by atoms with Gasteiger partial charge in [0.25, 0.3) is 5.91 Å². The minimum absolute atomic E-state index is 0.241. The highest BCUT2D eigenvalue weighted by atomic mass is 16.6. The van der Waals surface area contributed by atoms with Gasteiger partial charge >= 0.3 is 0 Å². The van der Waals surface area contributed by atoms with Crippen LogP contribution in [0.4, 0.5) is 5.69 Å². The summed E-state index contributed by atoms with van der Waals surface area (Å²) in [5.74, 6) is 2.08. The van der Waals surface area contributed by atoms with Crippen LogP contribution in [0.2, 0.25) is 0 Å². The summed E-state index contributed by atoms with van der Waals surface area (Å²) in [5.41, 5.74) is 1.58. The van der Waals surface area contributed by atoms with Crippen LogP contribution in [0.3, 0.4) is 0 Å². The van der Waals surface area contributed by atoms with Gasteiger partial charge in [-0.2, -0.15) is 0 Å². The molecule has 1 aromatic heterocycles. The van der Waals surface area contributed by atoms with Crippen molar-refractivity contribution in [3.8, 4) is 23.0 Å². The number of oxime groups is 1. The number of nitrogens with zero attached hydrogens (tertiary/aromatic N) is 2. The monoisotopic (exact) mass is 409 g/mol. The molecule has 0 spiro atoms. The Bertz CT molecular complexity index is 1060. The van der Waals surface area contributed by atoms with E-state index in [4.69, 9.17) is 19.0 Å². The number of fused-ring (bicyclic) bond motifs is 1. The van der Waals surface area contributed by atoms with Crippen molar-refractivity contribution < 1.29 is 23.8 Å². The molecule has 0 saturated heterocycles. The van der Waals surface area contributed by atoms with Gasteiger partial charge in [-0.15, -0.1) is 0 Å². The molecule has 0 bridgehead atoms. The van der Waals surface area contributed by atoms with Crippen LogP contribution in [-0.4, -0.2) is 37.4 Å². The van der Waals surface area contributed by atoms with E-state index >= 15 is 0 Å². The molecule has 0 fully saturated rings. The SMILES string of the molecule is CCON=C(C)C(=O)Nc1ccc(Oc2ccnc3cc(OC)c(OC)cc23)cc1. The van der Waals surface area contributed by atoms with E-state index in [1.54, 1.807) is 70.7 Å². The van der Waals surface area contributed by atoms with Crippen LogP contribution in [0.25, 0.3) is 10.9 Å². The van der Waals surface area contributed by atoms with Gasteiger partial charge < -0.3 is 24.4 Å². The van der Waals surface area contributed by atoms with Crippen LogP contribution < -0.4 is 19.5 Å². The fourth-order valence-corrected chi connectivity index (χ4v) is 2.69. The van der Waals surface area contributed by atoms with Crippen molar-refractivity contribution in [1.82, 2.24) is 4.98 Å². The van der Waals surface area contributed by atoms with Gasteiger partial charge in [0.1, 0.15) is 23.8 Å². The summed E-state index contributed by atoms with van der Waals surface area (Å²) in [5, 5.41) is 7.26. The Morgan fingerprint density at radius 1 is 1.03 bits per heavy atom. The average molecular weight is 409 g/mol. The second-order valence-electron chi connectivity index (χ2n) is 6.21. The Balaban J connectivity index is 1.78. The summed E-state index contributed by atoms with van der Waals surface area (Å²) >= 11 is 0. The van der Waals surface area contributed by atoms with E-state index in [1.165, 1.54) is 0 Å². The highest BCUT2D eigenvalue weighted by Crippen LogP contribution is 2.36. The number of benzene rings is 2. The van der Waals surface area contributed by atoms with Gasteiger partial charge in [-0.05, 0) is 50.2 Å². The standard InChI is InChI=1S/C22H23N3O5/c1-5-29-25-14(2)22(26)24-15-6-8-16(9-7-15)30-19-10-11-23-18-13-21(28-4)20(27-3)12-17(18)19/h6-13H,5H2,1-4H3,(H,24,26). The van der Waals surface area contributed by atoms with Gasteiger partial charge in [-0.3, -0.25) is 9.78 Å². The predicted octanol–water partition coefficient (Wildman–Crippen LogP) is 4.40. The molecule has 156 valence electrons. The lowest BCUT2D eigenvalue weighted by molar-refractivity contribution is -0.110. The molecule has 30 heavy (non-hydrogen) atoms. The normalized spacial score (nSPS) is 11.1. The molecule has 1 N–H and O–H groups in total. The lowest BCUT2D eigenvalue weighted by atomic mass is 10.2. The molecule has 0 radical (unpaired) electrons. The summed E-state index contributed by atoms with van der Waals surface area (Å²) in [4.78, 5) is 21.3. The van der Waals surface area contributed by atoms with Gasteiger partial charge in [-0.25, -0.2) is 0 Å². The molecule has 1 amide bonds. The molecule has 0 aliphatic carbocycles. The largest absolute Gasteiger partial charge is 0.493 e. The topological polar surface area (TPSA) is 91.3 Å². The van der Waals surface area contributed by atoms with Crippen LogP contribution in [0, 0.1) is 0 Å². The molecule has 8 heteroatoms. The maximum atomic E-state index is 12.1. The summed E-state index contributed by atoms with van der Waals surface area (Å²) in [6, 6.07) is 12.4. The van der Waals surface area contributed by atoms with Crippen molar-refractivity contribution in [2.45, 2.75) is 13.8 Å². The summed E-state index contributed by atoms with van der Waals surface area (Å²) in [6.07, 6.45) is 1.67. The number of carbonyl (C=O) groups excluding carboxylic acids is 1. The second kappa shape index (κ2) is 9.60. The van der Waals surface area contributed by atoms with Crippen LogP contribution in [0.5, 0.6) is 23.0 Å². The number of amides is 1. The summed E-state index contributed by atoms with van der Waals surface area (Å²) in [6.45, 7) is 3.78. The van der Waals surface area contributed by atoms with Gasteiger partial charge in [0, 0.05) is 23.3 Å². The Kier molecular flexibility index (Phi) is 6.69. The zero-order chi connectivity index (χ0) is 21.5. The lowest BCUT2D eigenvalue weighted by Crippen LogP contribution is -2.20. The molecule has 0 aliphatic heterocycles. The first kappa shape index (κ1) is 20.9. The molecule has 0 aliphatic rings. The van der Waals surface area contributed by atoms with E-state index in [-0.39, 0.29) is 11.6 Å². The van der Waals surface area contributed by atoms with Crippen LogP contribution in [0.1, 0.15) is 13.8 Å². The fourth-order valence-electron chi connectivity index (χ4n) is 2.69. The molecule has 3 rings (SSSR count). The number of hydrogen-bond donors (Lipinski definition) is 1. The first-order valence-corrected chi connectivity index (χ1v) is 9.32. The molecule has 0 saturated carbocycles. The number of hydrogen-bond acceptors (Lipinski definition) is 7.